The van der Waals surface area contributed by atoms with E-state index in [0.29, 0.717) is 5.56 Å². The second-order valence-electron chi connectivity index (χ2n) is 8.78. The van der Waals surface area contributed by atoms with E-state index >= 15 is 0 Å². The Hall–Kier alpha value is -3.40. The molecule has 4 aromatic rings. The molecule has 1 aromatic heterocycles. The summed E-state index contributed by atoms with van der Waals surface area (Å²) >= 11 is 0. The van der Waals surface area contributed by atoms with Crippen LogP contribution in [0.3, 0.4) is 0 Å². The zero-order valence-corrected chi connectivity index (χ0v) is 22.7. The summed E-state index contributed by atoms with van der Waals surface area (Å²) in [5, 5.41) is 10.4. The molecule has 1 radical (unpaired) electrons. The summed E-state index contributed by atoms with van der Waals surface area (Å²) in [6.07, 6.45) is 2.90. The van der Waals surface area contributed by atoms with Crippen LogP contribution in [0.5, 0.6) is 0 Å². The van der Waals surface area contributed by atoms with Crippen molar-refractivity contribution in [3.05, 3.63) is 100 Å². The number of carbonyl (C=O) groups is 2. The third-order valence-corrected chi connectivity index (χ3v) is 5.68. The minimum atomic E-state index is -0.125. The Kier molecular flexibility index (Phi) is 7.84. The Morgan fingerprint density at radius 3 is 2.29 bits per heavy atom. The number of hydrogen-bond donors (Lipinski definition) is 1. The average molecular weight is 641 g/mol. The van der Waals surface area contributed by atoms with Gasteiger partial charge in [0.25, 0.3) is 0 Å². The van der Waals surface area contributed by atoms with Crippen LogP contribution >= 0.6 is 0 Å². The molecule has 35 heavy (non-hydrogen) atoms. The summed E-state index contributed by atoms with van der Waals surface area (Å²) in [7, 11) is 0. The molecule has 0 unspecified atom stereocenters. The number of rotatable bonds is 2. The van der Waals surface area contributed by atoms with E-state index in [4.69, 9.17) is 10.1 Å². The fourth-order valence-corrected chi connectivity index (χ4v) is 4.46. The first kappa shape index (κ1) is 26.2. The molecule has 4 nitrogen and oxygen atoms in total. The SMILES string of the molecule is CC(=O)/C=C(/C)O.Cc1[c-]c(-c2ncc3c4c(cccc24)-c2cc(C)ccc2C3=O)cc(C)c1.[Ir]. The third-order valence-electron chi connectivity index (χ3n) is 5.68. The molecule has 0 spiro atoms. The Bertz CT molecular complexity index is 1480. The summed E-state index contributed by atoms with van der Waals surface area (Å²) in [6, 6.07) is 19.9. The van der Waals surface area contributed by atoms with Crippen molar-refractivity contribution in [2.24, 2.45) is 0 Å². The van der Waals surface area contributed by atoms with Crippen LogP contribution in [0, 0.1) is 26.8 Å². The van der Waals surface area contributed by atoms with Gasteiger partial charge in [-0.2, -0.15) is 0 Å². The van der Waals surface area contributed by atoms with Crippen molar-refractivity contribution in [2.75, 3.05) is 0 Å². The van der Waals surface area contributed by atoms with Gasteiger partial charge < -0.3 is 10.1 Å². The molecule has 0 fully saturated rings. The number of pyridine rings is 1. The van der Waals surface area contributed by atoms with Crippen molar-refractivity contribution in [3.8, 4) is 22.4 Å². The molecule has 0 amide bonds. The maximum atomic E-state index is 13.1. The maximum absolute atomic E-state index is 13.1. The standard InChI is InChI=1S/C25H18NO.C5H8O2.Ir/c1-14-7-8-19-21(12-14)18-5-4-6-20-23(18)22(25(19)27)13-26-24(20)17-10-15(2)9-16(3)11-17;1-4(6)3-5(2)7;/h4-10,12-13H,1-3H3;3,6H,1-2H3;/q-1;;/b;4-3-;. The van der Waals surface area contributed by atoms with Crippen molar-refractivity contribution >= 4 is 22.3 Å². The van der Waals surface area contributed by atoms with Gasteiger partial charge in [-0.3, -0.25) is 9.59 Å². The predicted molar refractivity (Wildman–Crippen MR) is 136 cm³/mol. The van der Waals surface area contributed by atoms with Gasteiger partial charge in [0.1, 0.15) is 0 Å². The molecule has 1 N–H and O–H groups in total. The number of aliphatic hydroxyl groups excluding tert-OH is 1. The van der Waals surface area contributed by atoms with Gasteiger partial charge in [-0.1, -0.05) is 55.8 Å². The second kappa shape index (κ2) is 10.5. The van der Waals surface area contributed by atoms with Gasteiger partial charge in [-0.25, -0.2) is 0 Å². The van der Waals surface area contributed by atoms with E-state index < -0.39 is 0 Å². The zero-order chi connectivity index (χ0) is 24.6. The molecule has 0 atom stereocenters. The minimum absolute atomic E-state index is 0. The molecule has 0 saturated carbocycles. The fraction of sp³-hybridized carbons (Fsp3) is 0.167. The molecule has 5 heteroatoms. The largest absolute Gasteiger partial charge is 0.512 e. The third kappa shape index (κ3) is 5.32. The van der Waals surface area contributed by atoms with E-state index in [-0.39, 0.29) is 37.4 Å². The molecule has 1 heterocycles. The molecular formula is C30H26IrNO3-. The van der Waals surface area contributed by atoms with E-state index in [2.05, 4.69) is 56.3 Å². The molecule has 179 valence electrons. The van der Waals surface area contributed by atoms with Gasteiger partial charge >= 0.3 is 0 Å². The first-order valence-corrected chi connectivity index (χ1v) is 11.1. The molecule has 0 aliphatic heterocycles. The van der Waals surface area contributed by atoms with E-state index in [0.717, 1.165) is 49.8 Å². The van der Waals surface area contributed by atoms with Crippen LogP contribution < -0.4 is 0 Å². The Labute approximate surface area is 219 Å². The summed E-state index contributed by atoms with van der Waals surface area (Å²) in [5.41, 5.74) is 8.83. The van der Waals surface area contributed by atoms with Gasteiger partial charge in [-0.05, 0) is 48.4 Å². The van der Waals surface area contributed by atoms with Crippen LogP contribution in [0.4, 0.5) is 0 Å². The van der Waals surface area contributed by atoms with Crippen LogP contribution in [-0.4, -0.2) is 21.7 Å². The van der Waals surface area contributed by atoms with Gasteiger partial charge in [0.15, 0.2) is 11.6 Å². The van der Waals surface area contributed by atoms with Crippen molar-refractivity contribution < 1.29 is 34.8 Å². The van der Waals surface area contributed by atoms with Crippen molar-refractivity contribution in [1.29, 1.82) is 0 Å². The van der Waals surface area contributed by atoms with Crippen LogP contribution in [0.25, 0.3) is 33.2 Å². The number of fused-ring (bicyclic) bond motifs is 2. The van der Waals surface area contributed by atoms with Crippen LogP contribution in [0.15, 0.2) is 66.6 Å². The van der Waals surface area contributed by atoms with Gasteiger partial charge in [-0.15, -0.1) is 34.9 Å². The van der Waals surface area contributed by atoms with Crippen LogP contribution in [0.1, 0.15) is 46.5 Å². The molecule has 1 aliphatic rings. The average Bonchev–Trinajstić information content (AvgIpc) is 2.75. The molecule has 3 aromatic carbocycles. The van der Waals surface area contributed by atoms with E-state index in [1.54, 1.807) is 6.20 Å². The number of benzene rings is 3. The number of aliphatic hydroxyl groups is 1. The van der Waals surface area contributed by atoms with Crippen LogP contribution in [-0.2, 0) is 24.9 Å². The number of ketones is 2. The smallest absolute Gasteiger partial charge is 0.195 e. The second-order valence-corrected chi connectivity index (χ2v) is 8.78. The summed E-state index contributed by atoms with van der Waals surface area (Å²) < 4.78 is 0. The zero-order valence-electron chi connectivity index (χ0n) is 20.3. The topological polar surface area (TPSA) is 67.3 Å². The molecule has 1 aliphatic carbocycles. The maximum Gasteiger partial charge on any atom is 0.195 e. The number of hydrogen-bond acceptors (Lipinski definition) is 4. The Morgan fingerprint density at radius 2 is 1.66 bits per heavy atom. The number of aryl methyl sites for hydroxylation is 3. The Balaban J connectivity index is 0.000000378. The van der Waals surface area contributed by atoms with Gasteiger partial charge in [0, 0.05) is 43.5 Å². The van der Waals surface area contributed by atoms with E-state index in [9.17, 15) is 9.59 Å². The van der Waals surface area contributed by atoms with Crippen LogP contribution in [0.2, 0.25) is 0 Å². The van der Waals surface area contributed by atoms with E-state index in [1.165, 1.54) is 25.5 Å². The van der Waals surface area contributed by atoms with Gasteiger partial charge in [0.05, 0.1) is 5.76 Å². The summed E-state index contributed by atoms with van der Waals surface area (Å²) in [5.74, 6) is -0.00958. The van der Waals surface area contributed by atoms with Crippen molar-refractivity contribution in [2.45, 2.75) is 34.6 Å². The van der Waals surface area contributed by atoms with Crippen molar-refractivity contribution in [1.82, 2.24) is 4.98 Å². The molecule has 5 rings (SSSR count). The molecule has 0 saturated heterocycles. The number of allylic oxidation sites excluding steroid dienone is 2. The normalized spacial score (nSPS) is 11.8. The first-order chi connectivity index (χ1) is 16.2. The number of aromatic nitrogens is 1. The minimum Gasteiger partial charge on any atom is -0.512 e. The number of nitrogens with zero attached hydrogens (tertiary/aromatic N) is 1. The monoisotopic (exact) mass is 641 g/mol. The first-order valence-electron chi connectivity index (χ1n) is 11.1. The van der Waals surface area contributed by atoms with E-state index in [1.807, 2.05) is 19.1 Å². The van der Waals surface area contributed by atoms with Gasteiger partial charge in [0.2, 0.25) is 0 Å². The summed E-state index contributed by atoms with van der Waals surface area (Å²) in [6.45, 7) is 9.03. The Morgan fingerprint density at radius 1 is 0.914 bits per heavy atom. The fourth-order valence-electron chi connectivity index (χ4n) is 4.46. The molecular weight excluding hydrogens is 615 g/mol. The van der Waals surface area contributed by atoms with Crippen molar-refractivity contribution in [3.63, 3.8) is 0 Å². The summed E-state index contributed by atoms with van der Waals surface area (Å²) in [4.78, 5) is 27.8. The number of carbonyl (C=O) groups excluding carboxylic acids is 2. The quantitative estimate of drug-likeness (QED) is 0.130. The molecule has 0 bridgehead atoms. The predicted octanol–water partition coefficient (Wildman–Crippen LogP) is 6.87.